The lowest BCUT2D eigenvalue weighted by Crippen LogP contribution is -2.28. The molecule has 0 rings (SSSR count). The molecule has 0 amide bonds. The maximum absolute atomic E-state index is 12.3. The minimum absolute atomic E-state index is 0.0799. The van der Waals surface area contributed by atoms with Crippen LogP contribution in [0.25, 0.3) is 0 Å². The average Bonchev–Trinajstić information content (AvgIpc) is 3.49. The van der Waals surface area contributed by atoms with Crippen molar-refractivity contribution in [3.05, 3.63) is 158 Å². The molecule has 0 saturated carbocycles. The molecule has 0 aromatic rings. The lowest BCUT2D eigenvalue weighted by Gasteiger charge is -2.15. The first-order valence-electron chi connectivity index (χ1n) is 34.0. The van der Waals surface area contributed by atoms with E-state index in [1.807, 2.05) is 0 Å². The molecule has 0 aliphatic heterocycles. The van der Waals surface area contributed by atoms with Gasteiger partial charge in [-0.25, -0.2) is 0 Å². The Balaban J connectivity index is 3.50. The van der Waals surface area contributed by atoms with Crippen molar-refractivity contribution < 1.29 is 24.2 Å². The van der Waals surface area contributed by atoms with Gasteiger partial charge >= 0.3 is 11.9 Å². The Morgan fingerprint density at radius 2 is 0.488 bits per heavy atom. The minimum Gasteiger partial charge on any atom is -0.462 e. The van der Waals surface area contributed by atoms with Crippen molar-refractivity contribution in [3.63, 3.8) is 0 Å². The van der Waals surface area contributed by atoms with Crippen molar-refractivity contribution in [3.8, 4) is 0 Å². The number of esters is 2. The van der Waals surface area contributed by atoms with Gasteiger partial charge in [0.1, 0.15) is 6.61 Å². The second-order valence-corrected chi connectivity index (χ2v) is 22.1. The number of aliphatic hydroxyl groups is 1. The second kappa shape index (κ2) is 70.8. The van der Waals surface area contributed by atoms with Gasteiger partial charge in [0, 0.05) is 12.8 Å². The van der Waals surface area contributed by atoms with E-state index in [9.17, 15) is 14.7 Å². The molecule has 464 valence electrons. The summed E-state index contributed by atoms with van der Waals surface area (Å²) in [5.74, 6) is -0.612. The number of allylic oxidation sites excluding steroid dienone is 26. The molecule has 0 fully saturated rings. The number of hydrogen-bond acceptors (Lipinski definition) is 5. The fraction of sp³-hybridized carbons (Fsp3) is 0.636. The van der Waals surface area contributed by atoms with E-state index in [1.165, 1.54) is 128 Å². The Morgan fingerprint density at radius 3 is 0.732 bits per heavy atom. The van der Waals surface area contributed by atoms with Gasteiger partial charge in [0.15, 0.2) is 6.10 Å². The van der Waals surface area contributed by atoms with Gasteiger partial charge in [0.2, 0.25) is 0 Å². The molecule has 5 nitrogen and oxygen atoms in total. The second-order valence-electron chi connectivity index (χ2n) is 22.1. The molecule has 1 atom stereocenters. The van der Waals surface area contributed by atoms with E-state index in [0.29, 0.717) is 12.8 Å². The van der Waals surface area contributed by atoms with E-state index in [0.717, 1.165) is 141 Å². The van der Waals surface area contributed by atoms with Crippen LogP contribution in [0.1, 0.15) is 296 Å². The van der Waals surface area contributed by atoms with Crippen molar-refractivity contribution >= 4 is 11.9 Å². The molecule has 82 heavy (non-hydrogen) atoms. The molecular formula is C77H126O5. The van der Waals surface area contributed by atoms with Gasteiger partial charge in [0.25, 0.3) is 0 Å². The van der Waals surface area contributed by atoms with Gasteiger partial charge in [0.05, 0.1) is 6.61 Å². The van der Waals surface area contributed by atoms with Gasteiger partial charge in [-0.15, -0.1) is 0 Å². The summed E-state index contributed by atoms with van der Waals surface area (Å²) in [6, 6.07) is 0. The lowest BCUT2D eigenvalue weighted by atomic mass is 10.0. The Labute approximate surface area is 507 Å². The van der Waals surface area contributed by atoms with Crippen LogP contribution >= 0.6 is 0 Å². The van der Waals surface area contributed by atoms with Crippen LogP contribution in [-0.2, 0) is 19.1 Å². The van der Waals surface area contributed by atoms with E-state index in [1.54, 1.807) is 0 Å². The van der Waals surface area contributed by atoms with E-state index >= 15 is 0 Å². The number of hydrogen-bond donors (Lipinski definition) is 1. The van der Waals surface area contributed by atoms with Crippen molar-refractivity contribution in [2.24, 2.45) is 0 Å². The summed E-state index contributed by atoms with van der Waals surface area (Å²) in [5, 5.41) is 9.69. The van der Waals surface area contributed by atoms with Crippen LogP contribution < -0.4 is 0 Å². The summed E-state index contributed by atoms with van der Waals surface area (Å²) in [5.41, 5.74) is 0. The summed E-state index contributed by atoms with van der Waals surface area (Å²) in [6.07, 6.45) is 108. The zero-order valence-corrected chi connectivity index (χ0v) is 53.2. The standard InChI is InChI=1S/C77H126O5/c1-3-5-7-9-11-13-15-17-19-21-23-25-27-29-31-32-33-34-35-36-37-38-39-40-41-42-43-44-46-47-49-51-53-55-57-59-61-63-65-67-69-71-76(79)81-74-75(73-78)82-77(80)72-70-68-66-64-62-60-58-56-54-52-50-48-45-30-28-26-24-22-20-18-16-14-12-10-8-6-4-2/h5-8,11-14,17-20,23-26,29-31,33-34,45,50,52,56,58,75,78H,3-4,9-10,15-16,21-22,27-28,32,35-44,46-49,51,53-55,57,59-74H2,1-2H3/b7-5-,8-6-,13-11-,14-12-,19-17-,20-18-,25-23-,26-24-,31-29-,34-33-,45-30-,52-50-,58-56-. The average molecular weight is 1130 g/mol. The maximum Gasteiger partial charge on any atom is 0.306 e. The molecular weight excluding hydrogens is 1000 g/mol. The quantitative estimate of drug-likeness (QED) is 0.0373. The SMILES string of the molecule is CC/C=C\C/C=C\C/C=C\C/C=C\C/C=C\C/C=C\C/C=C\CCCCCCCC(=O)OC(CO)COC(=O)CCCCCCCCCCCCCCCCCCCCCCCC/C=C\C/C=C\C/C=C\C/C=C\C/C=C\C/C=C\CC. The molecule has 0 spiro atoms. The fourth-order valence-electron chi connectivity index (χ4n) is 9.31. The minimum atomic E-state index is -0.793. The molecule has 0 aliphatic rings. The smallest absolute Gasteiger partial charge is 0.306 e. The Kier molecular flexibility index (Phi) is 66.9. The summed E-state index contributed by atoms with van der Waals surface area (Å²) < 4.78 is 10.7. The van der Waals surface area contributed by atoms with Gasteiger partial charge in [-0.1, -0.05) is 320 Å². The molecule has 0 aromatic carbocycles. The van der Waals surface area contributed by atoms with Crippen LogP contribution in [0.5, 0.6) is 0 Å². The zero-order valence-electron chi connectivity index (χ0n) is 53.2. The molecule has 0 heterocycles. The van der Waals surface area contributed by atoms with Crippen LogP contribution in [0.15, 0.2) is 158 Å². The predicted molar refractivity (Wildman–Crippen MR) is 361 cm³/mol. The third-order valence-electron chi connectivity index (χ3n) is 14.3. The number of unbranched alkanes of at least 4 members (excludes halogenated alkanes) is 27. The fourth-order valence-corrected chi connectivity index (χ4v) is 9.31. The summed E-state index contributed by atoms with van der Waals surface area (Å²) in [7, 11) is 0. The van der Waals surface area contributed by atoms with Crippen LogP contribution in [0.4, 0.5) is 0 Å². The zero-order chi connectivity index (χ0) is 59.1. The Morgan fingerprint density at radius 1 is 0.280 bits per heavy atom. The Hall–Kier alpha value is -4.48. The number of carbonyl (C=O) groups excluding carboxylic acids is 2. The van der Waals surface area contributed by atoms with Crippen LogP contribution in [0.2, 0.25) is 0 Å². The summed E-state index contributed by atoms with van der Waals surface area (Å²) >= 11 is 0. The highest BCUT2D eigenvalue weighted by atomic mass is 16.6. The molecule has 0 aliphatic carbocycles. The summed E-state index contributed by atoms with van der Waals surface area (Å²) in [4.78, 5) is 24.6. The Bertz CT molecular complexity index is 1760. The van der Waals surface area contributed by atoms with Crippen molar-refractivity contribution in [1.29, 1.82) is 0 Å². The molecule has 0 aromatic heterocycles. The molecule has 0 bridgehead atoms. The third-order valence-corrected chi connectivity index (χ3v) is 14.3. The molecule has 1 unspecified atom stereocenters. The molecule has 0 radical (unpaired) electrons. The largest absolute Gasteiger partial charge is 0.462 e. The van der Waals surface area contributed by atoms with Gasteiger partial charge in [-0.05, 0) is 122 Å². The van der Waals surface area contributed by atoms with E-state index in [4.69, 9.17) is 9.47 Å². The molecule has 5 heteroatoms. The first-order chi connectivity index (χ1) is 40.6. The first-order valence-corrected chi connectivity index (χ1v) is 34.0. The number of carbonyl (C=O) groups is 2. The van der Waals surface area contributed by atoms with Gasteiger partial charge < -0.3 is 14.6 Å². The molecule has 0 saturated heterocycles. The van der Waals surface area contributed by atoms with Gasteiger partial charge in [-0.3, -0.25) is 9.59 Å². The lowest BCUT2D eigenvalue weighted by molar-refractivity contribution is -0.161. The maximum atomic E-state index is 12.3. The monoisotopic (exact) mass is 1130 g/mol. The van der Waals surface area contributed by atoms with Crippen LogP contribution in [0, 0.1) is 0 Å². The van der Waals surface area contributed by atoms with Crippen molar-refractivity contribution in [2.45, 2.75) is 302 Å². The van der Waals surface area contributed by atoms with E-state index in [2.05, 4.69) is 172 Å². The van der Waals surface area contributed by atoms with Crippen LogP contribution in [-0.4, -0.2) is 36.4 Å². The highest BCUT2D eigenvalue weighted by Crippen LogP contribution is 2.17. The molecule has 1 N–H and O–H groups in total. The van der Waals surface area contributed by atoms with Gasteiger partial charge in [-0.2, -0.15) is 0 Å². The third kappa shape index (κ3) is 68.0. The number of ether oxygens (including phenoxy) is 2. The summed E-state index contributed by atoms with van der Waals surface area (Å²) in [6.45, 7) is 3.91. The highest BCUT2D eigenvalue weighted by Gasteiger charge is 2.16. The van der Waals surface area contributed by atoms with Crippen molar-refractivity contribution in [1.82, 2.24) is 0 Å². The number of aliphatic hydroxyl groups excluding tert-OH is 1. The topological polar surface area (TPSA) is 72.8 Å². The van der Waals surface area contributed by atoms with Crippen molar-refractivity contribution in [2.75, 3.05) is 13.2 Å². The predicted octanol–water partition coefficient (Wildman–Crippen LogP) is 23.9. The van der Waals surface area contributed by atoms with Crippen LogP contribution in [0.3, 0.4) is 0 Å². The first kappa shape index (κ1) is 77.5. The van der Waals surface area contributed by atoms with E-state index < -0.39 is 6.10 Å². The normalized spacial score (nSPS) is 13.3. The highest BCUT2D eigenvalue weighted by molar-refractivity contribution is 5.70. The van der Waals surface area contributed by atoms with E-state index in [-0.39, 0.29) is 25.2 Å². The number of rotatable bonds is 61.